The topological polar surface area (TPSA) is 66.4 Å². The predicted octanol–water partition coefficient (Wildman–Crippen LogP) is 6.04. The molecule has 28 heavy (non-hydrogen) atoms. The van der Waals surface area contributed by atoms with E-state index in [1.807, 2.05) is 0 Å². The van der Waals surface area contributed by atoms with Gasteiger partial charge in [-0.05, 0) is 42.0 Å². The van der Waals surface area contributed by atoms with Crippen LogP contribution in [-0.2, 0) is 6.18 Å². The van der Waals surface area contributed by atoms with Crippen LogP contribution in [0.5, 0.6) is 0 Å². The van der Waals surface area contributed by atoms with Crippen molar-refractivity contribution >= 4 is 39.8 Å². The van der Waals surface area contributed by atoms with Crippen LogP contribution in [0.1, 0.15) is 26.3 Å². The lowest BCUT2D eigenvalue weighted by molar-refractivity contribution is -0.137. The van der Waals surface area contributed by atoms with Crippen LogP contribution in [0, 0.1) is 0 Å². The number of nitrogens with one attached hydrogen (secondary N) is 1. The third-order valence-corrected chi connectivity index (χ3v) is 5.01. The number of benzene rings is 2. The van der Waals surface area contributed by atoms with E-state index in [1.165, 1.54) is 41.8 Å². The van der Waals surface area contributed by atoms with Crippen molar-refractivity contribution in [2.75, 3.05) is 5.32 Å². The van der Waals surface area contributed by atoms with Crippen LogP contribution in [0.3, 0.4) is 0 Å². The third-order valence-electron chi connectivity index (χ3n) is 3.86. The van der Waals surface area contributed by atoms with Gasteiger partial charge in [-0.1, -0.05) is 23.7 Å². The molecule has 3 rings (SSSR count). The summed E-state index contributed by atoms with van der Waals surface area (Å²) in [4.78, 5) is 24.1. The molecule has 1 aromatic heterocycles. The zero-order valence-electron chi connectivity index (χ0n) is 13.9. The van der Waals surface area contributed by atoms with Crippen molar-refractivity contribution in [1.82, 2.24) is 0 Å². The molecule has 3 aromatic rings. The fourth-order valence-electron chi connectivity index (χ4n) is 2.49. The Bertz CT molecular complexity index is 1030. The molecular weight excluding hydrogens is 415 g/mol. The minimum atomic E-state index is -4.49. The average molecular weight is 426 g/mol. The van der Waals surface area contributed by atoms with Gasteiger partial charge in [-0.3, -0.25) is 4.79 Å². The Morgan fingerprint density at radius 1 is 1.00 bits per heavy atom. The molecule has 0 spiro atoms. The number of aromatic carboxylic acids is 1. The number of carbonyl (C=O) groups is 2. The summed E-state index contributed by atoms with van der Waals surface area (Å²) in [6.07, 6.45) is -4.49. The minimum Gasteiger partial charge on any atom is -0.478 e. The van der Waals surface area contributed by atoms with E-state index in [0.29, 0.717) is 10.6 Å². The first-order chi connectivity index (χ1) is 13.2. The van der Waals surface area contributed by atoms with Crippen LogP contribution in [0.25, 0.3) is 11.1 Å². The number of carbonyl (C=O) groups excluding carboxylic acids is 1. The van der Waals surface area contributed by atoms with Crippen molar-refractivity contribution in [3.63, 3.8) is 0 Å². The molecular formula is C19H11ClF3NO3S. The summed E-state index contributed by atoms with van der Waals surface area (Å²) in [6.45, 7) is 0. The van der Waals surface area contributed by atoms with Crippen LogP contribution >= 0.6 is 22.9 Å². The molecule has 0 aliphatic rings. The molecule has 0 bridgehead atoms. The number of amides is 1. The van der Waals surface area contributed by atoms with Gasteiger partial charge in [0.25, 0.3) is 5.91 Å². The molecule has 0 aliphatic heterocycles. The first-order valence-electron chi connectivity index (χ1n) is 7.76. The van der Waals surface area contributed by atoms with E-state index in [0.717, 1.165) is 23.5 Å². The second-order valence-corrected chi connectivity index (χ2v) is 7.01. The lowest BCUT2D eigenvalue weighted by atomic mass is 10.0. The second-order valence-electron chi connectivity index (χ2n) is 5.69. The highest BCUT2D eigenvalue weighted by Crippen LogP contribution is 2.37. The molecule has 2 aromatic carbocycles. The Labute approximate surface area is 166 Å². The van der Waals surface area contributed by atoms with Crippen molar-refractivity contribution in [3.05, 3.63) is 75.6 Å². The van der Waals surface area contributed by atoms with Crippen molar-refractivity contribution in [1.29, 1.82) is 0 Å². The standard InChI is InChI=1S/C19H11ClF3NO3S/c20-13-7-3-11(4-8-13)16(25)24-17-15(18(26)27)14(9-28-17)10-1-5-12(6-2-10)19(21,22)23/h1-9H,(H,24,25)(H,26,27). The van der Waals surface area contributed by atoms with Crippen molar-refractivity contribution < 1.29 is 27.9 Å². The number of rotatable bonds is 4. The van der Waals surface area contributed by atoms with Crippen LogP contribution in [0.15, 0.2) is 53.9 Å². The molecule has 144 valence electrons. The van der Waals surface area contributed by atoms with Crippen LogP contribution in [-0.4, -0.2) is 17.0 Å². The molecule has 1 heterocycles. The number of carboxylic acids is 1. The maximum atomic E-state index is 12.7. The first-order valence-corrected chi connectivity index (χ1v) is 9.02. The summed E-state index contributed by atoms with van der Waals surface area (Å²) >= 11 is 6.75. The van der Waals surface area contributed by atoms with Crippen LogP contribution in [0.4, 0.5) is 18.2 Å². The van der Waals surface area contributed by atoms with Gasteiger partial charge in [-0.2, -0.15) is 13.2 Å². The Kier molecular flexibility index (Phi) is 5.44. The van der Waals surface area contributed by atoms with Crippen LogP contribution < -0.4 is 5.32 Å². The van der Waals surface area contributed by atoms with Gasteiger partial charge >= 0.3 is 12.1 Å². The average Bonchev–Trinajstić information content (AvgIpc) is 3.05. The van der Waals surface area contributed by atoms with Gasteiger partial charge in [-0.25, -0.2) is 4.79 Å². The molecule has 4 nitrogen and oxygen atoms in total. The van der Waals surface area contributed by atoms with Gasteiger partial charge in [0.2, 0.25) is 0 Å². The highest BCUT2D eigenvalue weighted by atomic mass is 35.5. The molecule has 0 atom stereocenters. The first kappa shape index (κ1) is 19.9. The quantitative estimate of drug-likeness (QED) is 0.535. The highest BCUT2D eigenvalue weighted by molar-refractivity contribution is 7.15. The number of carboxylic acid groups (broad SMARTS) is 1. The summed E-state index contributed by atoms with van der Waals surface area (Å²) in [5.41, 5.74) is -0.219. The number of halogens is 4. The predicted molar refractivity (Wildman–Crippen MR) is 101 cm³/mol. The van der Waals surface area contributed by atoms with E-state index in [9.17, 15) is 27.9 Å². The number of anilines is 1. The zero-order valence-corrected chi connectivity index (χ0v) is 15.5. The van der Waals surface area contributed by atoms with Crippen LogP contribution in [0.2, 0.25) is 5.02 Å². The number of thiophene rings is 1. The molecule has 0 unspecified atom stereocenters. The summed E-state index contributed by atoms with van der Waals surface area (Å²) in [5.74, 6) is -1.83. The minimum absolute atomic E-state index is 0.0855. The lowest BCUT2D eigenvalue weighted by Gasteiger charge is -2.08. The molecule has 0 radical (unpaired) electrons. The van der Waals surface area contributed by atoms with E-state index in [2.05, 4.69) is 5.32 Å². The van der Waals surface area contributed by atoms with E-state index < -0.39 is 23.6 Å². The molecule has 0 aliphatic carbocycles. The van der Waals surface area contributed by atoms with Crippen molar-refractivity contribution in [2.45, 2.75) is 6.18 Å². The van der Waals surface area contributed by atoms with E-state index >= 15 is 0 Å². The molecule has 1 amide bonds. The number of hydrogen-bond donors (Lipinski definition) is 2. The van der Waals surface area contributed by atoms with Gasteiger partial charge in [0.15, 0.2) is 0 Å². The molecule has 0 saturated carbocycles. The molecule has 2 N–H and O–H groups in total. The maximum absolute atomic E-state index is 12.7. The molecule has 0 fully saturated rings. The van der Waals surface area contributed by atoms with Gasteiger partial charge in [-0.15, -0.1) is 11.3 Å². The summed E-state index contributed by atoms with van der Waals surface area (Å²) < 4.78 is 38.1. The van der Waals surface area contributed by atoms with E-state index in [-0.39, 0.29) is 21.7 Å². The number of alkyl halides is 3. The fourth-order valence-corrected chi connectivity index (χ4v) is 3.57. The van der Waals surface area contributed by atoms with Crippen molar-refractivity contribution in [3.8, 4) is 11.1 Å². The Morgan fingerprint density at radius 2 is 1.61 bits per heavy atom. The highest BCUT2D eigenvalue weighted by Gasteiger charge is 2.30. The summed E-state index contributed by atoms with van der Waals surface area (Å²) in [7, 11) is 0. The molecule has 9 heteroatoms. The van der Waals surface area contributed by atoms with Crippen molar-refractivity contribution in [2.24, 2.45) is 0 Å². The summed E-state index contributed by atoms with van der Waals surface area (Å²) in [6, 6.07) is 10.2. The Hall–Kier alpha value is -2.84. The monoisotopic (exact) mass is 425 g/mol. The normalized spacial score (nSPS) is 11.3. The van der Waals surface area contributed by atoms with Gasteiger partial charge in [0, 0.05) is 21.5 Å². The van der Waals surface area contributed by atoms with Gasteiger partial charge in [0.05, 0.1) is 5.56 Å². The Balaban J connectivity index is 1.93. The maximum Gasteiger partial charge on any atom is 0.416 e. The van der Waals surface area contributed by atoms with E-state index in [1.54, 1.807) is 0 Å². The third kappa shape index (κ3) is 4.18. The smallest absolute Gasteiger partial charge is 0.416 e. The van der Waals surface area contributed by atoms with Gasteiger partial charge < -0.3 is 10.4 Å². The molecule has 0 saturated heterocycles. The fraction of sp³-hybridized carbons (Fsp3) is 0.0526. The SMILES string of the molecule is O=C(Nc1scc(-c2ccc(C(F)(F)F)cc2)c1C(=O)O)c1ccc(Cl)cc1. The number of hydrogen-bond acceptors (Lipinski definition) is 3. The Morgan fingerprint density at radius 3 is 2.14 bits per heavy atom. The summed E-state index contributed by atoms with van der Waals surface area (Å²) in [5, 5.41) is 14.1. The van der Waals surface area contributed by atoms with E-state index in [4.69, 9.17) is 11.6 Å². The van der Waals surface area contributed by atoms with Gasteiger partial charge in [0.1, 0.15) is 10.6 Å². The largest absolute Gasteiger partial charge is 0.478 e. The lowest BCUT2D eigenvalue weighted by Crippen LogP contribution is -2.13. The zero-order chi connectivity index (χ0) is 20.5. The second kappa shape index (κ2) is 7.65.